The molecule has 200 valence electrons. The van der Waals surface area contributed by atoms with Gasteiger partial charge in [0.15, 0.2) is 16.5 Å². The minimum absolute atomic E-state index is 0.0139. The molecule has 2 aromatic rings. The Hall–Kier alpha value is -3.90. The Labute approximate surface area is 221 Å². The Bertz CT molecular complexity index is 1470. The molecule has 7 N–H and O–H groups in total. The summed E-state index contributed by atoms with van der Waals surface area (Å²) in [7, 11) is 3.63. The van der Waals surface area contributed by atoms with E-state index >= 15 is 0 Å². The van der Waals surface area contributed by atoms with Crippen LogP contribution in [0.2, 0.25) is 0 Å². The number of rotatable bonds is 5. The van der Waals surface area contributed by atoms with Gasteiger partial charge in [0.05, 0.1) is 11.3 Å². The number of nitrogens with two attached hydrogens (primary N) is 1. The van der Waals surface area contributed by atoms with Gasteiger partial charge in [0.1, 0.15) is 22.8 Å². The quantitative estimate of drug-likeness (QED) is 0.306. The number of hydrogen-bond acceptors (Lipinski definition) is 11. The van der Waals surface area contributed by atoms with Gasteiger partial charge in [0.25, 0.3) is 5.91 Å². The SMILES string of the molecule is Cc1csc(NCc2cc(N(C)C)c3c(c2O)C(=O)C2=C(O)[C@]4(O)C(=O)C(C(N)=O)=C(O)C[C@@H]4C[C@@H]2C3)n1. The number of allylic oxidation sites excluding steroid dienone is 2. The molecule has 0 spiro atoms. The highest BCUT2D eigenvalue weighted by Crippen LogP contribution is 2.52. The van der Waals surface area contributed by atoms with Gasteiger partial charge >= 0.3 is 0 Å². The summed E-state index contributed by atoms with van der Waals surface area (Å²) >= 11 is 1.41. The first-order chi connectivity index (χ1) is 17.9. The molecule has 0 bridgehead atoms. The molecule has 3 aliphatic rings. The van der Waals surface area contributed by atoms with E-state index in [0.29, 0.717) is 21.9 Å². The van der Waals surface area contributed by atoms with Crippen molar-refractivity contribution < 1.29 is 34.8 Å². The van der Waals surface area contributed by atoms with Gasteiger partial charge in [-0.25, -0.2) is 4.98 Å². The molecular formula is C26H28N4O7S. The number of nitrogens with zero attached hydrogens (tertiary/aromatic N) is 2. The summed E-state index contributed by atoms with van der Waals surface area (Å²) in [6, 6.07) is 1.79. The number of ketones is 2. The van der Waals surface area contributed by atoms with E-state index in [2.05, 4.69) is 10.3 Å². The number of anilines is 2. The predicted octanol–water partition coefficient (Wildman–Crippen LogP) is 2.02. The molecule has 1 heterocycles. The molecule has 1 aromatic carbocycles. The van der Waals surface area contributed by atoms with Gasteiger partial charge in [0.2, 0.25) is 5.78 Å². The number of aromatic hydroxyl groups is 1. The smallest absolute Gasteiger partial charge is 0.255 e. The number of aliphatic hydroxyl groups excluding tert-OH is 2. The van der Waals surface area contributed by atoms with E-state index in [0.717, 1.165) is 5.69 Å². The molecule has 1 aromatic heterocycles. The van der Waals surface area contributed by atoms with Crippen LogP contribution in [0.5, 0.6) is 5.75 Å². The summed E-state index contributed by atoms with van der Waals surface area (Å²) in [5.74, 6) is -6.42. The third-order valence-electron chi connectivity index (χ3n) is 7.65. The number of benzene rings is 1. The summed E-state index contributed by atoms with van der Waals surface area (Å²) in [6.07, 6.45) is 0.0696. The number of amides is 1. The van der Waals surface area contributed by atoms with Crippen molar-refractivity contribution in [1.82, 2.24) is 4.98 Å². The number of phenolic OH excluding ortho intramolecular Hbond substituents is 1. The number of fused-ring (bicyclic) bond motifs is 3. The predicted molar refractivity (Wildman–Crippen MR) is 139 cm³/mol. The molecule has 11 nitrogen and oxygen atoms in total. The lowest BCUT2D eigenvalue weighted by Gasteiger charge is -2.46. The number of phenols is 1. The van der Waals surface area contributed by atoms with Crippen molar-refractivity contribution in [2.24, 2.45) is 17.6 Å². The second-order valence-corrected chi connectivity index (χ2v) is 11.1. The highest BCUT2D eigenvalue weighted by atomic mass is 32.1. The first-order valence-corrected chi connectivity index (χ1v) is 12.9. The zero-order valence-corrected chi connectivity index (χ0v) is 21.8. The van der Waals surface area contributed by atoms with Crippen molar-refractivity contribution in [1.29, 1.82) is 0 Å². The van der Waals surface area contributed by atoms with Gasteiger partial charge in [-0.2, -0.15) is 0 Å². The van der Waals surface area contributed by atoms with Crippen LogP contribution in [0.3, 0.4) is 0 Å². The van der Waals surface area contributed by atoms with Crippen molar-refractivity contribution in [2.45, 2.75) is 38.3 Å². The summed E-state index contributed by atoms with van der Waals surface area (Å²) in [6.45, 7) is 2.03. The Morgan fingerprint density at radius 3 is 2.58 bits per heavy atom. The topological polar surface area (TPSA) is 186 Å². The maximum absolute atomic E-state index is 13.9. The van der Waals surface area contributed by atoms with Crippen LogP contribution in [0.4, 0.5) is 10.8 Å². The molecule has 1 amide bonds. The normalized spacial score (nSPS) is 24.6. The van der Waals surface area contributed by atoms with Crippen LogP contribution in [0.1, 0.15) is 40.0 Å². The van der Waals surface area contributed by atoms with Crippen molar-refractivity contribution in [3.05, 3.63) is 56.5 Å². The van der Waals surface area contributed by atoms with Crippen LogP contribution in [0, 0.1) is 18.8 Å². The summed E-state index contributed by atoms with van der Waals surface area (Å²) in [4.78, 5) is 45.0. The number of hydrogen-bond donors (Lipinski definition) is 6. The standard InChI is InChI=1S/C26H28N4O7S/c1-10-9-38-25(29-10)28-8-12-6-15(30(2)3)14-5-11-4-13-7-16(31)19(24(27)36)23(35)26(13,37)22(34)17(11)21(33)18(14)20(12)32/h6,9,11,13,31-32,34,37H,4-5,7-8H2,1-3H3,(H2,27,36)(H,28,29)/t11-,13+,26+/m1/s1. The minimum Gasteiger partial charge on any atom is -0.511 e. The minimum atomic E-state index is -2.59. The van der Waals surface area contributed by atoms with E-state index in [9.17, 15) is 34.8 Å². The van der Waals surface area contributed by atoms with Crippen molar-refractivity contribution in [2.75, 3.05) is 24.3 Å². The number of aryl methyl sites for hydroxylation is 1. The van der Waals surface area contributed by atoms with Crippen LogP contribution >= 0.6 is 11.3 Å². The summed E-state index contributed by atoms with van der Waals surface area (Å²) in [5.41, 5.74) is 4.23. The second kappa shape index (κ2) is 8.84. The first kappa shape index (κ1) is 25.7. The van der Waals surface area contributed by atoms with Crippen molar-refractivity contribution in [3.8, 4) is 5.75 Å². The fourth-order valence-electron chi connectivity index (χ4n) is 5.86. The summed E-state index contributed by atoms with van der Waals surface area (Å²) in [5, 5.41) is 49.8. The molecule has 0 unspecified atom stereocenters. The van der Waals surface area contributed by atoms with Gasteiger partial charge < -0.3 is 36.4 Å². The molecule has 3 aliphatic carbocycles. The lowest BCUT2D eigenvalue weighted by molar-refractivity contribution is -0.144. The van der Waals surface area contributed by atoms with E-state index in [-0.39, 0.29) is 42.7 Å². The van der Waals surface area contributed by atoms with E-state index in [1.165, 1.54) is 11.3 Å². The van der Waals surface area contributed by atoms with Gasteiger partial charge in [0, 0.05) is 55.2 Å². The molecule has 0 saturated carbocycles. The maximum Gasteiger partial charge on any atom is 0.255 e. The molecule has 0 radical (unpaired) electrons. The van der Waals surface area contributed by atoms with Crippen LogP contribution in [-0.2, 0) is 22.6 Å². The van der Waals surface area contributed by atoms with Crippen LogP contribution in [0.25, 0.3) is 0 Å². The fourth-order valence-corrected chi connectivity index (χ4v) is 6.55. The number of nitrogens with one attached hydrogen (secondary N) is 1. The Morgan fingerprint density at radius 1 is 1.26 bits per heavy atom. The monoisotopic (exact) mass is 540 g/mol. The molecule has 5 rings (SSSR count). The van der Waals surface area contributed by atoms with Gasteiger partial charge in [-0.1, -0.05) is 0 Å². The third kappa shape index (κ3) is 3.66. The average molecular weight is 541 g/mol. The zero-order valence-electron chi connectivity index (χ0n) is 21.0. The number of primary amides is 1. The average Bonchev–Trinajstić information content (AvgIpc) is 3.25. The molecule has 0 aliphatic heterocycles. The molecule has 0 saturated heterocycles. The Kier molecular flexibility index (Phi) is 5.99. The molecule has 12 heteroatoms. The van der Waals surface area contributed by atoms with Gasteiger partial charge in [-0.15, -0.1) is 11.3 Å². The molecule has 0 fully saturated rings. The lowest BCUT2D eigenvalue weighted by atomic mass is 9.60. The second-order valence-electron chi connectivity index (χ2n) is 10.2. The highest BCUT2D eigenvalue weighted by molar-refractivity contribution is 7.13. The van der Waals surface area contributed by atoms with Crippen LogP contribution < -0.4 is 16.0 Å². The number of Topliss-reactive ketones (excluding diaryl/α,β-unsaturated/α-hetero) is 2. The fraction of sp³-hybridized carbons (Fsp3) is 0.385. The van der Waals surface area contributed by atoms with E-state index in [4.69, 9.17) is 5.73 Å². The third-order valence-corrected chi connectivity index (χ3v) is 8.57. The van der Waals surface area contributed by atoms with Crippen molar-refractivity contribution >= 4 is 39.6 Å². The summed E-state index contributed by atoms with van der Waals surface area (Å²) < 4.78 is 0. The Balaban J connectivity index is 1.62. The molecule has 38 heavy (non-hydrogen) atoms. The number of aromatic nitrogens is 1. The number of carbonyl (C=O) groups excluding carboxylic acids is 3. The first-order valence-electron chi connectivity index (χ1n) is 12.0. The molecular weight excluding hydrogens is 512 g/mol. The number of thiazole rings is 1. The molecule has 3 atom stereocenters. The highest BCUT2D eigenvalue weighted by Gasteiger charge is 2.59. The van der Waals surface area contributed by atoms with E-state index in [1.54, 1.807) is 6.07 Å². The van der Waals surface area contributed by atoms with E-state index in [1.807, 2.05) is 31.3 Å². The van der Waals surface area contributed by atoms with Gasteiger partial charge in [-0.3, -0.25) is 14.4 Å². The number of carbonyl (C=O) groups is 3. The van der Waals surface area contributed by atoms with Gasteiger partial charge in [-0.05, 0) is 37.3 Å². The largest absolute Gasteiger partial charge is 0.511 e. The lowest BCUT2D eigenvalue weighted by Crippen LogP contribution is -2.57. The van der Waals surface area contributed by atoms with Crippen molar-refractivity contribution in [3.63, 3.8) is 0 Å². The number of aliphatic hydroxyl groups is 3. The maximum atomic E-state index is 13.9. The Morgan fingerprint density at radius 2 is 1.97 bits per heavy atom. The van der Waals surface area contributed by atoms with Crippen LogP contribution in [-0.4, -0.2) is 62.6 Å². The zero-order chi connectivity index (χ0) is 27.7. The van der Waals surface area contributed by atoms with Crippen LogP contribution in [0.15, 0.2) is 34.1 Å². The van der Waals surface area contributed by atoms with E-state index < -0.39 is 52.0 Å².